The number of rotatable bonds is 24. The number of ether oxygens (including phenoxy) is 8. The molecule has 4 aromatic carbocycles. The van der Waals surface area contributed by atoms with Crippen LogP contribution in [0.1, 0.15) is 93.9 Å². The number of aliphatic hydroxyl groups excluding tert-OH is 2. The molecule has 2 amide bonds. The van der Waals surface area contributed by atoms with E-state index in [1.54, 1.807) is 56.8 Å². The number of nitrogens with one attached hydrogen (secondary N) is 2. The van der Waals surface area contributed by atoms with E-state index in [4.69, 9.17) is 80.8 Å². The highest BCUT2D eigenvalue weighted by Crippen LogP contribution is 2.47. The summed E-state index contributed by atoms with van der Waals surface area (Å²) in [6.07, 6.45) is 9.51. The van der Waals surface area contributed by atoms with Crippen molar-refractivity contribution in [3.8, 4) is 46.0 Å². The number of nitrogens with two attached hydrogens (primary N) is 4. The molecule has 36 nitrogen and oxygen atoms in total. The lowest BCUT2D eigenvalue weighted by atomic mass is 9.93. The van der Waals surface area contributed by atoms with Crippen LogP contribution >= 0.6 is 137 Å². The molecule has 2 atom stereocenters. The van der Waals surface area contributed by atoms with Gasteiger partial charge >= 0.3 is 0 Å². The zero-order chi connectivity index (χ0) is 91.7. The Balaban J connectivity index is 0.000000133. The normalized spacial score (nSPS) is 15.5. The first-order valence-corrected chi connectivity index (χ1v) is 50.3. The third-order valence-electron chi connectivity index (χ3n) is 21.7. The summed E-state index contributed by atoms with van der Waals surface area (Å²) in [5, 5.41) is 29.4. The molecule has 0 bridgehead atoms. The number of nitrogen functional groups attached to an aromatic ring is 4. The Kier molecular flexibility index (Phi) is 32.2. The Hall–Kier alpha value is -8.22. The van der Waals surface area contributed by atoms with Crippen LogP contribution in [0, 0.1) is 36.9 Å². The van der Waals surface area contributed by atoms with Gasteiger partial charge in [-0.05, 0) is 214 Å². The molecule has 6 aliphatic heterocycles. The van der Waals surface area contributed by atoms with Gasteiger partial charge in [-0.2, -0.15) is 0 Å². The number of fused-ring (bicyclic) bond motifs is 8. The summed E-state index contributed by atoms with van der Waals surface area (Å²) in [5.41, 5.74) is 30.2. The van der Waals surface area contributed by atoms with Gasteiger partial charge in [0.05, 0.1) is 0 Å². The number of aliphatic hydroxyl groups is 2. The van der Waals surface area contributed by atoms with Crippen LogP contribution in [0.15, 0.2) is 114 Å². The minimum atomic E-state index is -0.947. The fourth-order valence-electron chi connectivity index (χ4n) is 15.1. The maximum atomic E-state index is 12.1. The van der Waals surface area contributed by atoms with E-state index in [9.17, 15) is 19.8 Å². The minimum absolute atomic E-state index is 0.191. The lowest BCUT2D eigenvalue weighted by molar-refractivity contribution is -0.141. The van der Waals surface area contributed by atoms with Gasteiger partial charge in [-0.1, -0.05) is 88.6 Å². The second kappa shape index (κ2) is 43.4. The lowest BCUT2D eigenvalue weighted by Crippen LogP contribution is -2.43. The molecule has 12 aromatic rings. The first-order chi connectivity index (χ1) is 62.4. The molecule has 12 N–H and O–H groups in total. The maximum absolute atomic E-state index is 12.1. The number of hydrogen-bond acceptors (Lipinski definition) is 34. The summed E-state index contributed by atoms with van der Waals surface area (Å²) in [5.74, 6) is 8.13. The summed E-state index contributed by atoms with van der Waals surface area (Å²) < 4.78 is 58.5. The first kappa shape index (κ1) is 96.4. The topological polar surface area (TPSA) is 457 Å². The van der Waals surface area contributed by atoms with Gasteiger partial charge in [0, 0.05) is 112 Å². The van der Waals surface area contributed by atoms with Crippen LogP contribution in [0.3, 0.4) is 0 Å². The Morgan fingerprint density at radius 3 is 0.946 bits per heavy atom. The van der Waals surface area contributed by atoms with E-state index in [2.05, 4.69) is 201 Å². The van der Waals surface area contributed by atoms with Gasteiger partial charge in [-0.15, -0.1) is 0 Å². The van der Waals surface area contributed by atoms with Gasteiger partial charge in [-0.3, -0.25) is 9.59 Å². The van der Waals surface area contributed by atoms with Crippen molar-refractivity contribution in [1.29, 1.82) is 0 Å². The summed E-state index contributed by atoms with van der Waals surface area (Å²) in [6.45, 7) is 29.8. The van der Waals surface area contributed by atoms with Gasteiger partial charge in [-0.25, -0.2) is 59.8 Å². The molecule has 14 heterocycles. The Bertz CT molecular complexity index is 5700. The largest absolute Gasteiger partial charge is 0.486 e. The molecule has 0 saturated carbocycles. The molecule has 0 aliphatic carbocycles. The van der Waals surface area contributed by atoms with Crippen molar-refractivity contribution < 1.29 is 57.7 Å². The van der Waals surface area contributed by atoms with Crippen molar-refractivity contribution in [2.45, 2.75) is 173 Å². The number of aryl methyl sites for hydroxylation is 2. The van der Waals surface area contributed by atoms with Crippen LogP contribution in [-0.4, -0.2) is 227 Å². The van der Waals surface area contributed by atoms with Crippen LogP contribution in [0.5, 0.6) is 46.0 Å². The predicted molar refractivity (Wildman–Crippen MR) is 532 cm³/mol. The SMILES string of the molecule is CC(C)(C)CNCCn1c(Sc2cc3c(cc2[124I])OCCO3)nc2c(N)ncnc21.CC(C)(C)CNCCn1c(Sc2cc3c(cc2[131I])OCCO3)nc2c(N)ncnc21.C[C@H](O)C(=O)N1CCC(CCn2c(Sc3cc4c(cc3[124I])OCCO4)nc3c(N)ncnc32)CC1.C[C@H](O)C(=O)N1CCC(CCn2c(Sc3cc4c(cc3[131I])OCCO4)nc3c(N)ncnc32)CC1. The highest BCUT2D eigenvalue weighted by molar-refractivity contribution is 14.1. The molecule has 8 aromatic heterocycles. The number of benzene rings is 4. The van der Waals surface area contributed by atoms with Crippen LogP contribution in [-0.2, 0) is 35.8 Å². The van der Waals surface area contributed by atoms with Gasteiger partial charge in [0.2, 0.25) is 0 Å². The Labute approximate surface area is 823 Å². The molecular weight excluding hydrogens is 2200 g/mol. The lowest BCUT2D eigenvalue weighted by Gasteiger charge is -2.32. The Morgan fingerprint density at radius 1 is 0.415 bits per heavy atom. The standard InChI is InChI=1S/2C23H27IN6O4S.2C20H25IN6O2S/c2*1-13(31)22(32)29-5-2-14(3-6-29)4-7-30-21-19(20(25)26-12-27-21)28-23(30)35-18-11-17-16(10-15(18)24)33-8-9-34-17;2*1-20(2,3)10-23-4-5-27-18-16(17(22)24-11-25-18)26-19(27)30-15-9-14-13(8-12(15)21)28-6-7-29-14/h2*10-14,31H,2-9H2,1H3,(H2,25,26,27);2*8-9,11,23H,4-7,10H2,1-3H3,(H2,22,24,25)/t2*13-;;/m00../s1/i24+4;24-3;21+4;21-3. The zero-order valence-corrected chi connectivity index (χ0v) is 85.0. The molecule has 692 valence electrons. The minimum Gasteiger partial charge on any atom is -0.486 e. The monoisotopic (exact) mass is 2300 g/mol. The molecule has 0 radical (unpaired) electrons. The fourth-order valence-corrected chi connectivity index (χ4v) is 21.9. The molecule has 18 rings (SSSR count). The molecule has 44 heteroatoms. The van der Waals surface area contributed by atoms with Crippen molar-refractivity contribution >= 4 is 217 Å². The van der Waals surface area contributed by atoms with Crippen molar-refractivity contribution in [2.24, 2.45) is 22.7 Å². The number of carbonyl (C=O) groups excluding carboxylic acids is 2. The Morgan fingerprint density at radius 2 is 0.669 bits per heavy atom. The highest BCUT2D eigenvalue weighted by atomic mass is 131. The summed E-state index contributed by atoms with van der Waals surface area (Å²) in [7, 11) is 0. The maximum Gasteiger partial charge on any atom is 0.251 e. The van der Waals surface area contributed by atoms with E-state index in [0.717, 1.165) is 203 Å². The van der Waals surface area contributed by atoms with Crippen LogP contribution in [0.4, 0.5) is 23.3 Å². The summed E-state index contributed by atoms with van der Waals surface area (Å²) in [4.78, 5) is 85.2. The number of likely N-dealkylation sites (tertiary alicyclic amines) is 2. The number of carbonyl (C=O) groups is 2. The molecule has 130 heavy (non-hydrogen) atoms. The first-order valence-electron chi connectivity index (χ1n) is 42.7. The van der Waals surface area contributed by atoms with Crippen molar-refractivity contribution in [2.75, 3.05) is 128 Å². The van der Waals surface area contributed by atoms with Crippen molar-refractivity contribution in [1.82, 2.24) is 98.5 Å². The molecular formula is C86H104I4N24O12S4. The molecule has 0 unspecified atom stereocenters. The highest BCUT2D eigenvalue weighted by Gasteiger charge is 2.32. The summed E-state index contributed by atoms with van der Waals surface area (Å²) >= 11 is 15.5. The van der Waals surface area contributed by atoms with Crippen LogP contribution in [0.2, 0.25) is 0 Å². The van der Waals surface area contributed by atoms with E-state index in [1.807, 2.05) is 48.5 Å². The number of amides is 2. The van der Waals surface area contributed by atoms with Gasteiger partial charge in [0.1, 0.15) is 90.4 Å². The molecule has 2 saturated heterocycles. The summed E-state index contributed by atoms with van der Waals surface area (Å²) in [6, 6.07) is 16.0. The quantitative estimate of drug-likeness (QED) is 0.0206. The van der Waals surface area contributed by atoms with E-state index in [-0.39, 0.29) is 22.6 Å². The second-order valence-corrected chi connectivity index (χ2v) is 42.6. The number of halogens is 4. The van der Waals surface area contributed by atoms with Crippen molar-refractivity contribution in [3.63, 3.8) is 0 Å². The van der Waals surface area contributed by atoms with Gasteiger partial charge in [0.15, 0.2) is 135 Å². The average Bonchev–Trinajstić information content (AvgIpc) is 1.64. The molecule has 2 fully saturated rings. The van der Waals surface area contributed by atoms with E-state index in [0.29, 0.717) is 148 Å². The van der Waals surface area contributed by atoms with E-state index >= 15 is 0 Å². The smallest absolute Gasteiger partial charge is 0.251 e. The number of piperidine rings is 2. The second-order valence-electron chi connectivity index (χ2n) is 34.0. The van der Waals surface area contributed by atoms with Crippen LogP contribution in [0.25, 0.3) is 44.7 Å². The number of nitrogens with zero attached hydrogens (tertiary/aromatic N) is 18. The number of aromatic nitrogens is 16. The number of imidazole rings is 4. The predicted octanol–water partition coefficient (Wildman–Crippen LogP) is 13.0. The number of anilines is 4. The zero-order valence-electron chi connectivity index (χ0n) is 73.1. The van der Waals surface area contributed by atoms with Crippen molar-refractivity contribution in [3.05, 3.63) is 88.1 Å². The van der Waals surface area contributed by atoms with Gasteiger partial charge in [0.25, 0.3) is 11.8 Å². The molecule has 0 spiro atoms. The average molecular weight is 2300 g/mol. The van der Waals surface area contributed by atoms with E-state index in [1.165, 1.54) is 39.2 Å². The fraction of sp³-hybridized carbons (Fsp3) is 0.465. The third-order valence-corrected chi connectivity index (χ3v) is 31.0. The van der Waals surface area contributed by atoms with Crippen LogP contribution < -0.4 is 71.5 Å². The molecule has 6 aliphatic rings. The third kappa shape index (κ3) is 23.9. The van der Waals surface area contributed by atoms with Gasteiger partial charge < -0.3 is 110 Å². The number of hydrogen-bond donors (Lipinski definition) is 8. The van der Waals surface area contributed by atoms with E-state index < -0.39 is 12.2 Å².